The van der Waals surface area contributed by atoms with Crippen LogP contribution in [-0.2, 0) is 0 Å². The second kappa shape index (κ2) is 2.30. The number of hydrogen-bond donors (Lipinski definition) is 0. The Balaban J connectivity index is 2.32. The average molecular weight is 97.1 g/mol. The molecule has 0 aromatic heterocycles. The standard InChI is InChI=1S/Ca.3FH/h;3*1H/q+3;;;/p-3. The van der Waals surface area contributed by atoms with E-state index in [0.29, 0.717) is 0 Å². The second-order valence-electron chi connectivity index (χ2n) is 0.303. The third-order valence-corrected chi connectivity index (χ3v) is 0. The third kappa shape index (κ3) is 11.6. The van der Waals surface area contributed by atoms with Crippen molar-refractivity contribution in [3.8, 4) is 0 Å². The molecule has 0 saturated heterocycles. The van der Waals surface area contributed by atoms with Crippen LogP contribution in [0.5, 0.6) is 0 Å². The van der Waals surface area contributed by atoms with Crippen molar-refractivity contribution in [1.29, 1.82) is 0 Å². The van der Waals surface area contributed by atoms with Crippen molar-refractivity contribution in [2.75, 3.05) is 0 Å². The number of rotatable bonds is 0. The topological polar surface area (TPSA) is 0 Å². The van der Waals surface area contributed by atoms with Gasteiger partial charge in [-0.05, 0) is 0 Å². The Hall–Kier alpha value is 1.05. The van der Waals surface area contributed by atoms with E-state index in [1.54, 1.807) is 0 Å². The van der Waals surface area contributed by atoms with Crippen LogP contribution in [0.15, 0.2) is 0 Å². The van der Waals surface area contributed by atoms with Gasteiger partial charge in [0.15, 0.2) is 0 Å². The van der Waals surface area contributed by atoms with Crippen molar-refractivity contribution in [2.45, 2.75) is 0 Å². The molecule has 0 aromatic carbocycles. The molecule has 0 saturated carbocycles. The van der Waals surface area contributed by atoms with Gasteiger partial charge in [0.05, 0.1) is 0 Å². The van der Waals surface area contributed by atoms with Crippen molar-refractivity contribution in [3.63, 3.8) is 0 Å². The van der Waals surface area contributed by atoms with Crippen LogP contribution >= 0.6 is 0 Å². The Morgan fingerprint density at radius 1 is 1.00 bits per heavy atom. The normalized spacial score (nSPS) is 9.00. The van der Waals surface area contributed by atoms with Gasteiger partial charge in [-0.1, -0.05) is 0 Å². The molecule has 0 N–H and O–H groups in total. The molecule has 0 aliphatic carbocycles. The van der Waals surface area contributed by atoms with E-state index in [1.807, 2.05) is 0 Å². The number of hydrogen-bond acceptors (Lipinski definition) is 0. The summed E-state index contributed by atoms with van der Waals surface area (Å²) in [7, 11) is 0. The molecule has 0 rings (SSSR count). The van der Waals surface area contributed by atoms with Crippen LogP contribution in [0.1, 0.15) is 0 Å². The fourth-order valence-electron chi connectivity index (χ4n) is 0. The zero-order chi connectivity index (χ0) is 3.58. The molecule has 0 aromatic rings. The Morgan fingerprint density at radius 3 is 1.00 bits per heavy atom. The van der Waals surface area contributed by atoms with Gasteiger partial charge in [0.25, 0.3) is 0 Å². The predicted octanol–water partition coefficient (Wildman–Crippen LogP) is 0.880. The van der Waals surface area contributed by atoms with Crippen LogP contribution in [0.25, 0.3) is 0 Å². The van der Waals surface area contributed by atoms with Gasteiger partial charge >= 0.3 is 38.3 Å². The van der Waals surface area contributed by atoms with Crippen molar-refractivity contribution < 1.29 is 4.09 Å². The Labute approximate surface area is 38.1 Å². The quantitative estimate of drug-likeness (QED) is 0.393. The summed E-state index contributed by atoms with van der Waals surface area (Å²) in [5.74, 6) is 0. The summed E-state index contributed by atoms with van der Waals surface area (Å²) in [6, 6.07) is 0. The summed E-state index contributed by atoms with van der Waals surface area (Å²) in [4.78, 5) is 0. The molecule has 0 fully saturated rings. The molecule has 0 unspecified atom stereocenters. The average Bonchev–Trinajstić information content (AvgIpc) is 0.811. The van der Waals surface area contributed by atoms with Gasteiger partial charge in [-0.15, -0.1) is 0 Å². The molecule has 0 atom stereocenters. The molecule has 0 heterocycles. The molecule has 3 radical (unpaired) electrons. The zero-order valence-corrected chi connectivity index (χ0v) is 4.05. The Kier molecular flexibility index (Phi) is 2.90. The Morgan fingerprint density at radius 2 is 1.00 bits per heavy atom. The number of halogens is 3. The van der Waals surface area contributed by atoms with Gasteiger partial charge in [0.2, 0.25) is 0 Å². The van der Waals surface area contributed by atoms with Gasteiger partial charge in [-0.25, -0.2) is 0 Å². The first-order valence-electron chi connectivity index (χ1n) is 0.802. The summed E-state index contributed by atoms with van der Waals surface area (Å²) < 4.78 is 29.6. The van der Waals surface area contributed by atoms with Crippen LogP contribution in [0.2, 0.25) is 0 Å². The van der Waals surface area contributed by atoms with Gasteiger partial charge in [0.1, 0.15) is 0 Å². The van der Waals surface area contributed by atoms with Gasteiger partial charge in [-0.3, -0.25) is 0 Å². The molecule has 4 heteroatoms. The molecule has 0 aliphatic rings. The molecule has 0 spiro atoms. The van der Waals surface area contributed by atoms with Crippen molar-refractivity contribution >= 4 is 34.2 Å². The van der Waals surface area contributed by atoms with E-state index in [4.69, 9.17) is 0 Å². The van der Waals surface area contributed by atoms with Gasteiger partial charge in [-0.2, -0.15) is 0 Å². The van der Waals surface area contributed by atoms with E-state index in [-0.39, 0.29) is 0 Å². The van der Waals surface area contributed by atoms with E-state index in [0.717, 1.165) is 0 Å². The van der Waals surface area contributed by atoms with E-state index in [2.05, 4.69) is 0 Å². The molecular formula is CaF3. The van der Waals surface area contributed by atoms with E-state index in [1.165, 1.54) is 0 Å². The maximum absolute atomic E-state index is 9.88. The summed E-state index contributed by atoms with van der Waals surface area (Å²) >= 11 is -5.12. The summed E-state index contributed by atoms with van der Waals surface area (Å²) in [5.41, 5.74) is 0. The molecule has 0 amide bonds. The van der Waals surface area contributed by atoms with Crippen LogP contribution < -0.4 is 0 Å². The second-order valence-corrected chi connectivity index (χ2v) is 1.25. The van der Waals surface area contributed by atoms with Gasteiger partial charge < -0.3 is 0 Å². The van der Waals surface area contributed by atoms with Crippen molar-refractivity contribution in [2.24, 2.45) is 0 Å². The third-order valence-electron chi connectivity index (χ3n) is 0. The fraction of sp³-hybridized carbons (Fsp3) is 0. The minimum atomic E-state index is -5.12. The van der Waals surface area contributed by atoms with Gasteiger partial charge in [0, 0.05) is 0 Å². The SMILES string of the molecule is [F][Ca]([F])[F]. The van der Waals surface area contributed by atoms with E-state index < -0.39 is 34.2 Å². The fourth-order valence-corrected chi connectivity index (χ4v) is 0. The molecular weight excluding hydrogens is 97.1 g/mol. The molecule has 0 bridgehead atoms. The summed E-state index contributed by atoms with van der Waals surface area (Å²) in [6.45, 7) is 0. The van der Waals surface area contributed by atoms with Crippen LogP contribution in [0, 0.1) is 0 Å². The first-order valence-corrected chi connectivity index (χ1v) is 3.31. The Bertz CT molecular complexity index is 8.00. The minimum absolute atomic E-state index is 5.12. The first kappa shape index (κ1) is 5.05. The molecule has 4 heavy (non-hydrogen) atoms. The van der Waals surface area contributed by atoms with E-state index >= 15 is 0 Å². The van der Waals surface area contributed by atoms with Crippen LogP contribution in [0.4, 0.5) is 4.09 Å². The zero-order valence-electron chi connectivity index (χ0n) is 1.84. The first-order chi connectivity index (χ1) is 1.73. The van der Waals surface area contributed by atoms with Crippen LogP contribution in [-0.4, -0.2) is 34.2 Å². The van der Waals surface area contributed by atoms with Crippen molar-refractivity contribution in [3.05, 3.63) is 0 Å². The maximum atomic E-state index is 9.88. The molecule has 0 nitrogen and oxygen atoms in total. The van der Waals surface area contributed by atoms with Crippen LogP contribution in [0.3, 0.4) is 0 Å². The van der Waals surface area contributed by atoms with Crippen molar-refractivity contribution in [1.82, 2.24) is 0 Å². The predicted molar refractivity (Wildman–Crippen MR) is 9.08 cm³/mol. The monoisotopic (exact) mass is 97.0 g/mol. The summed E-state index contributed by atoms with van der Waals surface area (Å²) in [6.07, 6.45) is 0. The molecule has 23 valence electrons. The molecule has 0 aliphatic heterocycles. The van der Waals surface area contributed by atoms with E-state index in [9.17, 15) is 4.09 Å². The summed E-state index contributed by atoms with van der Waals surface area (Å²) in [5, 5.41) is 0.